The largest absolute Gasteiger partial charge is 0.378 e. The van der Waals surface area contributed by atoms with E-state index < -0.39 is 10.2 Å². The van der Waals surface area contributed by atoms with Crippen LogP contribution in [0.3, 0.4) is 0 Å². The number of nitrogens with one attached hydrogen (secondary N) is 1. The normalized spacial score (nSPS) is 16.2. The van der Waals surface area contributed by atoms with Gasteiger partial charge in [-0.2, -0.15) is 17.4 Å². The molecule has 0 amide bonds. The van der Waals surface area contributed by atoms with Gasteiger partial charge in [-0.15, -0.1) is 0 Å². The van der Waals surface area contributed by atoms with Crippen LogP contribution in [0.4, 0.5) is 5.82 Å². The molecule has 1 N–H and O–H groups in total. The van der Waals surface area contributed by atoms with E-state index in [0.717, 1.165) is 24.5 Å². The lowest BCUT2D eigenvalue weighted by Crippen LogP contribution is -2.41. The van der Waals surface area contributed by atoms with Crippen LogP contribution < -0.4 is 9.62 Å². The van der Waals surface area contributed by atoms with E-state index in [1.54, 1.807) is 6.20 Å². The van der Waals surface area contributed by atoms with Gasteiger partial charge in [-0.3, -0.25) is 0 Å². The van der Waals surface area contributed by atoms with Crippen LogP contribution in [-0.4, -0.2) is 57.1 Å². The second-order valence-corrected chi connectivity index (χ2v) is 6.75. The molecule has 1 aliphatic rings. The van der Waals surface area contributed by atoms with Crippen molar-refractivity contribution in [2.75, 3.05) is 44.3 Å². The number of morpholine rings is 1. The van der Waals surface area contributed by atoms with E-state index >= 15 is 0 Å². The molecule has 1 fully saturated rings. The van der Waals surface area contributed by atoms with E-state index in [9.17, 15) is 8.42 Å². The van der Waals surface area contributed by atoms with Crippen LogP contribution in [0.5, 0.6) is 0 Å². The van der Waals surface area contributed by atoms with Crippen molar-refractivity contribution in [1.29, 1.82) is 0 Å². The number of rotatable bonds is 7. The molecule has 0 aromatic carbocycles. The van der Waals surface area contributed by atoms with Gasteiger partial charge in [-0.25, -0.2) is 4.98 Å². The van der Waals surface area contributed by atoms with Crippen LogP contribution in [-0.2, 0) is 21.5 Å². The summed E-state index contributed by atoms with van der Waals surface area (Å²) in [6, 6.07) is 3.73. The lowest BCUT2D eigenvalue weighted by atomic mass is 10.2. The Morgan fingerprint density at radius 2 is 2.00 bits per heavy atom. The molecule has 1 aromatic rings. The molecule has 0 bridgehead atoms. The van der Waals surface area contributed by atoms with Crippen molar-refractivity contribution in [2.24, 2.45) is 0 Å². The first-order valence-electron chi connectivity index (χ1n) is 7.59. The Kier molecular flexibility index (Phi) is 6.13. The molecule has 22 heavy (non-hydrogen) atoms. The SMILES string of the molecule is CCN(CC)S(=O)(=O)NCc1cccnc1N1CCOCC1. The number of pyridine rings is 1. The highest BCUT2D eigenvalue weighted by atomic mass is 32.2. The Morgan fingerprint density at radius 1 is 1.32 bits per heavy atom. The van der Waals surface area contributed by atoms with Gasteiger partial charge >= 0.3 is 0 Å². The van der Waals surface area contributed by atoms with Crippen LogP contribution in [0.25, 0.3) is 0 Å². The molecule has 2 rings (SSSR count). The fourth-order valence-electron chi connectivity index (χ4n) is 2.45. The molecule has 8 heteroatoms. The lowest BCUT2D eigenvalue weighted by Gasteiger charge is -2.29. The minimum atomic E-state index is -3.46. The fourth-order valence-corrected chi connectivity index (χ4v) is 3.65. The van der Waals surface area contributed by atoms with Crippen LogP contribution >= 0.6 is 0 Å². The van der Waals surface area contributed by atoms with E-state index in [2.05, 4.69) is 14.6 Å². The van der Waals surface area contributed by atoms with Gasteiger partial charge < -0.3 is 9.64 Å². The summed E-state index contributed by atoms with van der Waals surface area (Å²) in [7, 11) is -3.46. The summed E-state index contributed by atoms with van der Waals surface area (Å²) < 4.78 is 33.8. The number of aromatic nitrogens is 1. The highest BCUT2D eigenvalue weighted by Crippen LogP contribution is 2.18. The van der Waals surface area contributed by atoms with Crippen molar-refractivity contribution in [2.45, 2.75) is 20.4 Å². The molecule has 0 saturated carbocycles. The van der Waals surface area contributed by atoms with Gasteiger partial charge in [0.15, 0.2) is 0 Å². The zero-order chi connectivity index (χ0) is 16.0. The van der Waals surface area contributed by atoms with Gasteiger partial charge in [0.05, 0.1) is 13.2 Å². The first-order chi connectivity index (χ1) is 10.6. The van der Waals surface area contributed by atoms with Crippen molar-refractivity contribution < 1.29 is 13.2 Å². The van der Waals surface area contributed by atoms with Crippen molar-refractivity contribution in [3.05, 3.63) is 23.9 Å². The Bertz CT molecular complexity index is 569. The van der Waals surface area contributed by atoms with E-state index in [0.29, 0.717) is 26.3 Å². The Morgan fingerprint density at radius 3 is 2.64 bits per heavy atom. The molecule has 7 nitrogen and oxygen atoms in total. The minimum Gasteiger partial charge on any atom is -0.378 e. The zero-order valence-electron chi connectivity index (χ0n) is 13.2. The van der Waals surface area contributed by atoms with Gasteiger partial charge in [0.1, 0.15) is 5.82 Å². The Hall–Kier alpha value is -1.22. The van der Waals surface area contributed by atoms with E-state index in [1.807, 2.05) is 26.0 Å². The number of hydrogen-bond acceptors (Lipinski definition) is 5. The summed E-state index contributed by atoms with van der Waals surface area (Å²) in [5, 5.41) is 0. The summed E-state index contributed by atoms with van der Waals surface area (Å²) in [5.74, 6) is 0.827. The molecular formula is C14H24N4O3S. The second-order valence-electron chi connectivity index (χ2n) is 5.00. The summed E-state index contributed by atoms with van der Waals surface area (Å²) in [6.07, 6.45) is 1.73. The molecule has 0 radical (unpaired) electrons. The zero-order valence-corrected chi connectivity index (χ0v) is 14.0. The molecule has 1 aliphatic heterocycles. The molecule has 0 atom stereocenters. The molecule has 1 saturated heterocycles. The summed E-state index contributed by atoms with van der Waals surface area (Å²) in [5.41, 5.74) is 0.875. The Labute approximate surface area is 132 Å². The molecule has 124 valence electrons. The molecule has 0 aliphatic carbocycles. The smallest absolute Gasteiger partial charge is 0.279 e. The quantitative estimate of drug-likeness (QED) is 0.793. The fraction of sp³-hybridized carbons (Fsp3) is 0.643. The van der Waals surface area contributed by atoms with Crippen LogP contribution in [0, 0.1) is 0 Å². The first-order valence-corrected chi connectivity index (χ1v) is 9.03. The molecule has 0 unspecified atom stereocenters. The van der Waals surface area contributed by atoms with Crippen LogP contribution in [0.2, 0.25) is 0 Å². The third kappa shape index (κ3) is 4.16. The van der Waals surface area contributed by atoms with Gasteiger partial charge in [0, 0.05) is 44.5 Å². The maximum Gasteiger partial charge on any atom is 0.279 e. The maximum atomic E-state index is 12.2. The highest BCUT2D eigenvalue weighted by molar-refractivity contribution is 7.87. The standard InChI is InChI=1S/C14H24N4O3S/c1-3-18(4-2)22(19,20)16-12-13-6-5-7-15-14(13)17-8-10-21-11-9-17/h5-7,16H,3-4,8-12H2,1-2H3. The van der Waals surface area contributed by atoms with E-state index in [1.165, 1.54) is 4.31 Å². The number of hydrogen-bond donors (Lipinski definition) is 1. The van der Waals surface area contributed by atoms with Gasteiger partial charge in [0.2, 0.25) is 0 Å². The third-order valence-corrected chi connectivity index (χ3v) is 5.37. The average Bonchev–Trinajstić information content (AvgIpc) is 2.55. The van der Waals surface area contributed by atoms with E-state index in [-0.39, 0.29) is 6.54 Å². The summed E-state index contributed by atoms with van der Waals surface area (Å²) in [6.45, 7) is 7.67. The first kappa shape index (κ1) is 17.1. The van der Waals surface area contributed by atoms with Crippen molar-refractivity contribution in [3.8, 4) is 0 Å². The topological polar surface area (TPSA) is 74.8 Å². The highest BCUT2D eigenvalue weighted by Gasteiger charge is 2.20. The minimum absolute atomic E-state index is 0.235. The second kappa shape index (κ2) is 7.87. The van der Waals surface area contributed by atoms with Crippen molar-refractivity contribution in [1.82, 2.24) is 14.0 Å². The van der Waals surface area contributed by atoms with Gasteiger partial charge in [-0.1, -0.05) is 19.9 Å². The number of nitrogens with zero attached hydrogens (tertiary/aromatic N) is 3. The monoisotopic (exact) mass is 328 g/mol. The summed E-state index contributed by atoms with van der Waals surface area (Å²) in [4.78, 5) is 6.54. The predicted molar refractivity (Wildman–Crippen MR) is 85.9 cm³/mol. The van der Waals surface area contributed by atoms with Crippen LogP contribution in [0.15, 0.2) is 18.3 Å². The van der Waals surface area contributed by atoms with Gasteiger partial charge in [-0.05, 0) is 6.07 Å². The van der Waals surface area contributed by atoms with Crippen molar-refractivity contribution in [3.63, 3.8) is 0 Å². The van der Waals surface area contributed by atoms with Crippen molar-refractivity contribution >= 4 is 16.0 Å². The molecule has 0 spiro atoms. The van der Waals surface area contributed by atoms with Gasteiger partial charge in [0.25, 0.3) is 10.2 Å². The lowest BCUT2D eigenvalue weighted by molar-refractivity contribution is 0.122. The molecule has 1 aromatic heterocycles. The summed E-state index contributed by atoms with van der Waals surface area (Å²) >= 11 is 0. The number of anilines is 1. The Balaban J connectivity index is 2.10. The third-order valence-electron chi connectivity index (χ3n) is 3.67. The molecule has 2 heterocycles. The average molecular weight is 328 g/mol. The maximum absolute atomic E-state index is 12.2. The number of ether oxygens (including phenoxy) is 1. The van der Waals surface area contributed by atoms with E-state index in [4.69, 9.17) is 4.74 Å². The predicted octanol–water partition coefficient (Wildman–Crippen LogP) is 0.594. The molecular weight excluding hydrogens is 304 g/mol. The van der Waals surface area contributed by atoms with Crippen LogP contribution in [0.1, 0.15) is 19.4 Å².